The van der Waals surface area contributed by atoms with Crippen molar-refractivity contribution in [1.29, 1.82) is 0 Å². The topological polar surface area (TPSA) is 75.1 Å². The van der Waals surface area contributed by atoms with Crippen LogP contribution < -0.4 is 19.8 Å². The Morgan fingerprint density at radius 1 is 1.18 bits per heavy atom. The van der Waals surface area contributed by atoms with E-state index in [1.54, 1.807) is 25.2 Å². The number of pyridine rings is 1. The monoisotopic (exact) mass is 306 g/mol. The largest absolute Gasteiger partial charge is 0.497 e. The summed E-state index contributed by atoms with van der Waals surface area (Å²) in [4.78, 5) is 5.42. The Labute approximate surface area is 127 Å². The predicted octanol–water partition coefficient (Wildman–Crippen LogP) is 0.686. The van der Waals surface area contributed by atoms with Gasteiger partial charge >= 0.3 is 7.12 Å². The molecule has 22 heavy (non-hydrogen) atoms. The Morgan fingerprint density at radius 3 is 2.50 bits per heavy atom. The van der Waals surface area contributed by atoms with Gasteiger partial charge < -0.3 is 24.4 Å². The van der Waals surface area contributed by atoms with Gasteiger partial charge in [-0.1, -0.05) is 0 Å². The molecule has 0 bridgehead atoms. The molecule has 0 aliphatic carbocycles. The minimum Gasteiger partial charge on any atom is -0.497 e. The molecule has 0 fully saturated rings. The SMILES string of the molecule is COc1ccc(N(C)c2nccc(B(O)O)c2F)c(OC)c1. The molecular formula is C14H16BFN2O4. The van der Waals surface area contributed by atoms with E-state index >= 15 is 0 Å². The molecule has 1 aromatic heterocycles. The van der Waals surface area contributed by atoms with Crippen LogP contribution in [0.3, 0.4) is 0 Å². The second kappa shape index (κ2) is 6.63. The zero-order valence-corrected chi connectivity index (χ0v) is 12.4. The van der Waals surface area contributed by atoms with E-state index < -0.39 is 12.9 Å². The lowest BCUT2D eigenvalue weighted by Crippen LogP contribution is -2.34. The fourth-order valence-electron chi connectivity index (χ4n) is 2.06. The number of anilines is 2. The number of halogens is 1. The lowest BCUT2D eigenvalue weighted by molar-refractivity contribution is 0.395. The molecule has 1 aromatic carbocycles. The van der Waals surface area contributed by atoms with E-state index in [-0.39, 0.29) is 11.3 Å². The van der Waals surface area contributed by atoms with E-state index in [1.807, 2.05) is 0 Å². The average Bonchev–Trinajstić information content (AvgIpc) is 2.53. The quantitative estimate of drug-likeness (QED) is 0.792. The van der Waals surface area contributed by atoms with E-state index in [9.17, 15) is 14.4 Å². The smallest absolute Gasteiger partial charge is 0.491 e. The van der Waals surface area contributed by atoms with Gasteiger partial charge in [0.2, 0.25) is 0 Å². The van der Waals surface area contributed by atoms with Crippen molar-refractivity contribution in [3.63, 3.8) is 0 Å². The van der Waals surface area contributed by atoms with Crippen molar-refractivity contribution in [2.45, 2.75) is 0 Å². The maximum absolute atomic E-state index is 14.4. The molecule has 0 spiro atoms. The number of hydrogen-bond donors (Lipinski definition) is 2. The molecule has 0 amide bonds. The Hall–Kier alpha value is -2.32. The molecule has 0 saturated heterocycles. The molecule has 8 heteroatoms. The highest BCUT2D eigenvalue weighted by molar-refractivity contribution is 6.58. The van der Waals surface area contributed by atoms with Crippen molar-refractivity contribution in [3.8, 4) is 11.5 Å². The molecule has 116 valence electrons. The second-order valence-electron chi connectivity index (χ2n) is 4.51. The predicted molar refractivity (Wildman–Crippen MR) is 81.6 cm³/mol. The van der Waals surface area contributed by atoms with Crippen LogP contribution in [0.5, 0.6) is 11.5 Å². The van der Waals surface area contributed by atoms with Gasteiger partial charge in [0, 0.05) is 24.8 Å². The van der Waals surface area contributed by atoms with Crippen LogP contribution in [0.2, 0.25) is 0 Å². The highest BCUT2D eigenvalue weighted by Crippen LogP contribution is 2.35. The van der Waals surface area contributed by atoms with Gasteiger partial charge in [-0.25, -0.2) is 9.37 Å². The van der Waals surface area contributed by atoms with Crippen LogP contribution in [0.25, 0.3) is 0 Å². The molecule has 1 heterocycles. The molecule has 0 aliphatic heterocycles. The zero-order chi connectivity index (χ0) is 16.3. The molecule has 0 atom stereocenters. The number of rotatable bonds is 5. The summed E-state index contributed by atoms with van der Waals surface area (Å²) in [6, 6.07) is 6.27. The van der Waals surface area contributed by atoms with E-state index in [1.165, 1.54) is 31.4 Å². The summed E-state index contributed by atoms with van der Waals surface area (Å²) < 4.78 is 24.7. The average molecular weight is 306 g/mol. The summed E-state index contributed by atoms with van der Waals surface area (Å²) in [5, 5.41) is 18.4. The van der Waals surface area contributed by atoms with Crippen LogP contribution >= 0.6 is 0 Å². The number of benzene rings is 1. The number of ether oxygens (including phenoxy) is 2. The van der Waals surface area contributed by atoms with Crippen molar-refractivity contribution in [2.75, 3.05) is 26.2 Å². The third-order valence-electron chi connectivity index (χ3n) is 3.24. The van der Waals surface area contributed by atoms with Crippen LogP contribution in [-0.2, 0) is 0 Å². The first-order valence-corrected chi connectivity index (χ1v) is 6.46. The molecule has 2 aromatic rings. The number of nitrogens with zero attached hydrogens (tertiary/aromatic N) is 2. The molecule has 0 radical (unpaired) electrons. The molecule has 0 saturated carbocycles. The van der Waals surface area contributed by atoms with Crippen molar-refractivity contribution in [3.05, 3.63) is 36.3 Å². The summed E-state index contributed by atoms with van der Waals surface area (Å²) in [6.45, 7) is 0. The van der Waals surface area contributed by atoms with Gasteiger partial charge in [-0.15, -0.1) is 0 Å². The van der Waals surface area contributed by atoms with Crippen molar-refractivity contribution in [1.82, 2.24) is 4.98 Å². The third-order valence-corrected chi connectivity index (χ3v) is 3.24. The van der Waals surface area contributed by atoms with E-state index in [4.69, 9.17) is 9.47 Å². The lowest BCUT2D eigenvalue weighted by atomic mass is 9.80. The first-order chi connectivity index (χ1) is 10.5. The molecule has 2 N–H and O–H groups in total. The van der Waals surface area contributed by atoms with Gasteiger partial charge in [0.25, 0.3) is 0 Å². The van der Waals surface area contributed by atoms with Gasteiger partial charge in [-0.05, 0) is 18.2 Å². The molecule has 0 aliphatic rings. The van der Waals surface area contributed by atoms with Gasteiger partial charge in [0.1, 0.15) is 11.5 Å². The fraction of sp³-hybridized carbons (Fsp3) is 0.214. The lowest BCUT2D eigenvalue weighted by Gasteiger charge is -2.22. The van der Waals surface area contributed by atoms with Gasteiger partial charge in [-0.3, -0.25) is 0 Å². The summed E-state index contributed by atoms with van der Waals surface area (Å²) >= 11 is 0. The van der Waals surface area contributed by atoms with E-state index in [2.05, 4.69) is 4.98 Å². The highest BCUT2D eigenvalue weighted by Gasteiger charge is 2.23. The standard InChI is InChI=1S/C14H16BFN2O4/c1-18(11-5-4-9(21-2)8-12(11)22-3)14-13(16)10(15(19)20)6-7-17-14/h4-8,19-20H,1-3H3. The van der Waals surface area contributed by atoms with Crippen LogP contribution in [0.4, 0.5) is 15.9 Å². The maximum Gasteiger partial charge on any atom is 0.491 e. The van der Waals surface area contributed by atoms with E-state index in [0.29, 0.717) is 17.2 Å². The number of methoxy groups -OCH3 is 2. The van der Waals surface area contributed by atoms with Crippen LogP contribution in [0, 0.1) is 5.82 Å². The number of hydrogen-bond acceptors (Lipinski definition) is 6. The summed E-state index contributed by atoms with van der Waals surface area (Å²) in [5.41, 5.74) is 0.309. The zero-order valence-electron chi connectivity index (χ0n) is 12.4. The first-order valence-electron chi connectivity index (χ1n) is 6.46. The Morgan fingerprint density at radius 2 is 1.91 bits per heavy atom. The minimum absolute atomic E-state index is 0.0472. The van der Waals surface area contributed by atoms with Gasteiger partial charge in [0.15, 0.2) is 11.6 Å². The normalized spacial score (nSPS) is 10.3. The van der Waals surface area contributed by atoms with Gasteiger partial charge in [0.05, 0.1) is 19.9 Å². The van der Waals surface area contributed by atoms with Crippen molar-refractivity contribution < 1.29 is 23.9 Å². The van der Waals surface area contributed by atoms with Crippen LogP contribution in [0.15, 0.2) is 30.5 Å². The van der Waals surface area contributed by atoms with Crippen LogP contribution in [0.1, 0.15) is 0 Å². The van der Waals surface area contributed by atoms with Crippen LogP contribution in [-0.4, -0.2) is 43.4 Å². The summed E-state index contributed by atoms with van der Waals surface area (Å²) in [7, 11) is 2.71. The number of aromatic nitrogens is 1. The summed E-state index contributed by atoms with van der Waals surface area (Å²) in [6.07, 6.45) is 1.31. The molecule has 6 nitrogen and oxygen atoms in total. The van der Waals surface area contributed by atoms with Crippen molar-refractivity contribution in [2.24, 2.45) is 0 Å². The van der Waals surface area contributed by atoms with Gasteiger partial charge in [-0.2, -0.15) is 0 Å². The fourth-order valence-corrected chi connectivity index (χ4v) is 2.06. The second-order valence-corrected chi connectivity index (χ2v) is 4.51. The Kier molecular flexibility index (Phi) is 4.84. The highest BCUT2D eigenvalue weighted by atomic mass is 19.1. The minimum atomic E-state index is -1.91. The molecular weight excluding hydrogens is 290 g/mol. The first kappa shape index (κ1) is 16.1. The Bertz CT molecular complexity index is 669. The third kappa shape index (κ3) is 2.97. The Balaban J connectivity index is 2.48. The van der Waals surface area contributed by atoms with Crippen molar-refractivity contribution >= 4 is 24.1 Å². The van der Waals surface area contributed by atoms with E-state index in [0.717, 1.165) is 0 Å². The molecule has 0 unspecified atom stereocenters. The summed E-state index contributed by atoms with van der Waals surface area (Å²) in [5.74, 6) is 0.215. The maximum atomic E-state index is 14.4. The molecule has 2 rings (SSSR count).